The second-order valence-electron chi connectivity index (χ2n) is 4.44. The van der Waals surface area contributed by atoms with E-state index < -0.39 is 0 Å². The van der Waals surface area contributed by atoms with E-state index in [2.05, 4.69) is 5.32 Å². The lowest BCUT2D eigenvalue weighted by molar-refractivity contribution is 0.184. The van der Waals surface area contributed by atoms with Crippen molar-refractivity contribution < 1.29 is 9.13 Å². The predicted molar refractivity (Wildman–Crippen MR) is 67.0 cm³/mol. The lowest BCUT2D eigenvalue weighted by Gasteiger charge is -2.24. The first-order valence-electron chi connectivity index (χ1n) is 5.90. The van der Waals surface area contributed by atoms with Crippen LogP contribution in [-0.2, 0) is 11.3 Å². The number of piperidine rings is 1. The fourth-order valence-corrected chi connectivity index (χ4v) is 2.60. The van der Waals surface area contributed by atoms with Crippen LogP contribution in [0.4, 0.5) is 4.39 Å². The summed E-state index contributed by atoms with van der Waals surface area (Å²) in [4.78, 5) is 0. The molecular weight excluding hydrogens is 241 g/mol. The molecule has 1 aliphatic heterocycles. The smallest absolute Gasteiger partial charge is 0.145 e. The molecule has 94 valence electrons. The summed E-state index contributed by atoms with van der Waals surface area (Å²) in [6.45, 7) is 2.35. The van der Waals surface area contributed by atoms with Crippen molar-refractivity contribution in [2.24, 2.45) is 0 Å². The molecule has 1 N–H and O–H groups in total. The van der Waals surface area contributed by atoms with E-state index in [0.717, 1.165) is 37.1 Å². The molecule has 0 saturated carbocycles. The van der Waals surface area contributed by atoms with Crippen LogP contribution >= 0.6 is 11.6 Å². The molecule has 0 unspecified atom stereocenters. The first-order chi connectivity index (χ1) is 8.22. The fraction of sp³-hybridized carbons (Fsp3) is 0.538. The Morgan fingerprint density at radius 2 is 2.12 bits per heavy atom. The Morgan fingerprint density at radius 1 is 1.41 bits per heavy atom. The van der Waals surface area contributed by atoms with Gasteiger partial charge in [0.2, 0.25) is 0 Å². The number of hydrogen-bond acceptors (Lipinski definition) is 2. The summed E-state index contributed by atoms with van der Waals surface area (Å²) in [7, 11) is 1.63. The quantitative estimate of drug-likeness (QED) is 0.899. The van der Waals surface area contributed by atoms with E-state index in [-0.39, 0.29) is 16.8 Å². The van der Waals surface area contributed by atoms with Crippen molar-refractivity contribution >= 4 is 11.6 Å². The Labute approximate surface area is 106 Å². The third-order valence-electron chi connectivity index (χ3n) is 3.21. The van der Waals surface area contributed by atoms with E-state index in [0.29, 0.717) is 6.61 Å². The normalized spacial score (nSPS) is 17.4. The van der Waals surface area contributed by atoms with Crippen LogP contribution in [-0.4, -0.2) is 20.2 Å². The monoisotopic (exact) mass is 257 g/mol. The molecule has 1 heterocycles. The minimum Gasteiger partial charge on any atom is -0.380 e. The average Bonchev–Trinajstić information content (AvgIpc) is 2.35. The third-order valence-corrected chi connectivity index (χ3v) is 3.48. The molecule has 1 aromatic carbocycles. The predicted octanol–water partition coefficient (Wildman–Crippen LogP) is 3.09. The second kappa shape index (κ2) is 5.80. The average molecular weight is 258 g/mol. The Kier molecular flexibility index (Phi) is 4.37. The molecule has 1 fully saturated rings. The van der Waals surface area contributed by atoms with Crippen LogP contribution in [0.2, 0.25) is 5.02 Å². The summed E-state index contributed by atoms with van der Waals surface area (Å²) in [5.74, 6) is 0.00368. The lowest BCUT2D eigenvalue weighted by atomic mass is 9.89. The molecule has 0 amide bonds. The van der Waals surface area contributed by atoms with Gasteiger partial charge in [0.15, 0.2) is 0 Å². The molecule has 1 saturated heterocycles. The maximum Gasteiger partial charge on any atom is 0.145 e. The van der Waals surface area contributed by atoms with Gasteiger partial charge in [0.05, 0.1) is 11.6 Å². The van der Waals surface area contributed by atoms with Gasteiger partial charge in [-0.05, 0) is 49.0 Å². The van der Waals surface area contributed by atoms with Crippen LogP contribution in [0, 0.1) is 5.82 Å². The molecule has 0 aliphatic carbocycles. The maximum atomic E-state index is 14.0. The first-order valence-corrected chi connectivity index (χ1v) is 6.27. The third kappa shape index (κ3) is 2.97. The highest BCUT2D eigenvalue weighted by molar-refractivity contribution is 6.30. The summed E-state index contributed by atoms with van der Waals surface area (Å²) in [5, 5.41) is 3.48. The number of benzene rings is 1. The highest BCUT2D eigenvalue weighted by Crippen LogP contribution is 2.32. The van der Waals surface area contributed by atoms with Crippen LogP contribution in [0.1, 0.15) is 29.9 Å². The van der Waals surface area contributed by atoms with Crippen molar-refractivity contribution in [3.63, 3.8) is 0 Å². The summed E-state index contributed by atoms with van der Waals surface area (Å²) in [6.07, 6.45) is 1.92. The Hall–Kier alpha value is -0.640. The van der Waals surface area contributed by atoms with E-state index in [1.165, 1.54) is 0 Å². The molecule has 4 heteroatoms. The van der Waals surface area contributed by atoms with Crippen molar-refractivity contribution in [2.75, 3.05) is 20.2 Å². The molecule has 2 rings (SSSR count). The van der Waals surface area contributed by atoms with Gasteiger partial charge >= 0.3 is 0 Å². The standard InChI is InChI=1S/C13H17ClFNO/c1-17-8-9-6-11(13(15)12(14)7-9)10-2-4-16-5-3-10/h6-7,10,16H,2-5,8H2,1H3. The van der Waals surface area contributed by atoms with E-state index in [1.54, 1.807) is 13.2 Å². The van der Waals surface area contributed by atoms with Crippen LogP contribution in [0.3, 0.4) is 0 Å². The Bertz CT molecular complexity index is 391. The molecule has 17 heavy (non-hydrogen) atoms. The first kappa shape index (κ1) is 12.8. The summed E-state index contributed by atoms with van der Waals surface area (Å²) < 4.78 is 19.1. The van der Waals surface area contributed by atoms with Gasteiger partial charge in [-0.15, -0.1) is 0 Å². The molecule has 0 radical (unpaired) electrons. The highest BCUT2D eigenvalue weighted by Gasteiger charge is 2.20. The fourth-order valence-electron chi connectivity index (χ4n) is 2.35. The second-order valence-corrected chi connectivity index (χ2v) is 4.85. The number of halogens is 2. The maximum absolute atomic E-state index is 14.0. The van der Waals surface area contributed by atoms with Crippen LogP contribution in [0.15, 0.2) is 12.1 Å². The molecule has 0 atom stereocenters. The minimum atomic E-state index is -0.265. The van der Waals surface area contributed by atoms with Gasteiger partial charge in [0, 0.05) is 7.11 Å². The van der Waals surface area contributed by atoms with Gasteiger partial charge in [-0.25, -0.2) is 4.39 Å². The van der Waals surface area contributed by atoms with E-state index in [1.807, 2.05) is 6.07 Å². The number of methoxy groups -OCH3 is 1. The van der Waals surface area contributed by atoms with Crippen molar-refractivity contribution in [2.45, 2.75) is 25.4 Å². The molecular formula is C13H17ClFNO. The van der Waals surface area contributed by atoms with Gasteiger partial charge in [-0.2, -0.15) is 0 Å². The Balaban J connectivity index is 2.29. The van der Waals surface area contributed by atoms with Gasteiger partial charge in [-0.3, -0.25) is 0 Å². The topological polar surface area (TPSA) is 21.3 Å². The zero-order valence-electron chi connectivity index (χ0n) is 9.93. The summed E-state index contributed by atoms with van der Waals surface area (Å²) in [5.41, 5.74) is 1.68. The number of nitrogens with one attached hydrogen (secondary N) is 1. The highest BCUT2D eigenvalue weighted by atomic mass is 35.5. The molecule has 2 nitrogen and oxygen atoms in total. The van der Waals surface area contributed by atoms with Gasteiger partial charge < -0.3 is 10.1 Å². The summed E-state index contributed by atoms with van der Waals surface area (Å²) >= 11 is 5.93. The van der Waals surface area contributed by atoms with Crippen molar-refractivity contribution in [3.05, 3.63) is 34.1 Å². The molecule has 1 aromatic rings. The molecule has 0 spiro atoms. The van der Waals surface area contributed by atoms with E-state index in [9.17, 15) is 4.39 Å². The molecule has 0 bridgehead atoms. The van der Waals surface area contributed by atoms with Gasteiger partial charge in [0.25, 0.3) is 0 Å². The van der Waals surface area contributed by atoms with Crippen LogP contribution in [0.25, 0.3) is 0 Å². The van der Waals surface area contributed by atoms with Gasteiger partial charge in [0.1, 0.15) is 5.82 Å². The number of hydrogen-bond donors (Lipinski definition) is 1. The van der Waals surface area contributed by atoms with Crippen LogP contribution in [0.5, 0.6) is 0 Å². The van der Waals surface area contributed by atoms with Crippen molar-refractivity contribution in [1.29, 1.82) is 0 Å². The zero-order valence-corrected chi connectivity index (χ0v) is 10.7. The zero-order chi connectivity index (χ0) is 12.3. The Morgan fingerprint density at radius 3 is 2.76 bits per heavy atom. The number of rotatable bonds is 3. The number of ether oxygens (including phenoxy) is 1. The SMILES string of the molecule is COCc1cc(Cl)c(F)c(C2CCNCC2)c1. The van der Waals surface area contributed by atoms with E-state index >= 15 is 0 Å². The minimum absolute atomic E-state index is 0.202. The van der Waals surface area contributed by atoms with E-state index in [4.69, 9.17) is 16.3 Å². The summed E-state index contributed by atoms with van der Waals surface area (Å²) in [6, 6.07) is 3.53. The molecule has 0 aromatic heterocycles. The van der Waals surface area contributed by atoms with Crippen molar-refractivity contribution in [1.82, 2.24) is 5.32 Å². The molecule has 1 aliphatic rings. The van der Waals surface area contributed by atoms with Crippen LogP contribution < -0.4 is 5.32 Å². The lowest BCUT2D eigenvalue weighted by Crippen LogP contribution is -2.27. The largest absolute Gasteiger partial charge is 0.380 e. The van der Waals surface area contributed by atoms with Crippen molar-refractivity contribution in [3.8, 4) is 0 Å². The van der Waals surface area contributed by atoms with Gasteiger partial charge in [-0.1, -0.05) is 17.7 Å².